The third-order valence-corrected chi connectivity index (χ3v) is 2.69. The molecule has 1 aliphatic heterocycles. The molecular weight excluding hydrogens is 192 g/mol. The van der Waals surface area contributed by atoms with Crippen LogP contribution in [0.1, 0.15) is 13.3 Å². The molecule has 0 radical (unpaired) electrons. The zero-order valence-electron chi connectivity index (χ0n) is 8.89. The third-order valence-electron chi connectivity index (χ3n) is 2.69. The van der Waals surface area contributed by atoms with Crippen LogP contribution in [0.4, 0.5) is 11.5 Å². The Balaban J connectivity index is 2.24. The van der Waals surface area contributed by atoms with Crippen molar-refractivity contribution in [2.75, 3.05) is 30.4 Å². The quantitative estimate of drug-likeness (QED) is 0.774. The minimum atomic E-state index is 0.371. The molecule has 1 fully saturated rings. The van der Waals surface area contributed by atoms with E-state index in [0.717, 1.165) is 32.0 Å². The van der Waals surface area contributed by atoms with E-state index in [1.54, 1.807) is 6.20 Å². The van der Waals surface area contributed by atoms with Gasteiger partial charge in [0.1, 0.15) is 6.33 Å². The maximum Gasteiger partial charge on any atom is 0.155 e. The topological polar surface area (TPSA) is 64.3 Å². The van der Waals surface area contributed by atoms with E-state index >= 15 is 0 Å². The minimum absolute atomic E-state index is 0.371. The molecular formula is C10H16N4O. The molecule has 1 aromatic rings. The summed E-state index contributed by atoms with van der Waals surface area (Å²) >= 11 is 0. The maximum absolute atomic E-state index is 5.86. The van der Waals surface area contributed by atoms with Crippen LogP contribution < -0.4 is 10.6 Å². The smallest absolute Gasteiger partial charge is 0.155 e. The number of hydrogen-bond acceptors (Lipinski definition) is 5. The van der Waals surface area contributed by atoms with E-state index in [1.165, 1.54) is 6.33 Å². The molecule has 2 heterocycles. The van der Waals surface area contributed by atoms with Crippen LogP contribution in [-0.4, -0.2) is 35.8 Å². The number of ether oxygens (including phenoxy) is 1. The predicted octanol–water partition coefficient (Wildman–Crippen LogP) is 0.674. The van der Waals surface area contributed by atoms with Crippen molar-refractivity contribution in [3.05, 3.63) is 12.5 Å². The van der Waals surface area contributed by atoms with Gasteiger partial charge in [-0.3, -0.25) is 0 Å². The van der Waals surface area contributed by atoms with Gasteiger partial charge in [-0.05, 0) is 6.42 Å². The molecule has 2 rings (SSSR count). The molecule has 82 valence electrons. The van der Waals surface area contributed by atoms with Gasteiger partial charge in [-0.15, -0.1) is 0 Å². The molecule has 0 bridgehead atoms. The van der Waals surface area contributed by atoms with Crippen LogP contribution >= 0.6 is 0 Å². The van der Waals surface area contributed by atoms with Crippen molar-refractivity contribution in [2.45, 2.75) is 19.4 Å². The van der Waals surface area contributed by atoms with E-state index in [4.69, 9.17) is 10.5 Å². The summed E-state index contributed by atoms with van der Waals surface area (Å²) in [7, 11) is 0. The number of nitrogens with zero attached hydrogens (tertiary/aromatic N) is 3. The van der Waals surface area contributed by atoms with Gasteiger partial charge < -0.3 is 15.4 Å². The van der Waals surface area contributed by atoms with Gasteiger partial charge in [0, 0.05) is 6.54 Å². The summed E-state index contributed by atoms with van der Waals surface area (Å²) in [5.74, 6) is 0.833. The van der Waals surface area contributed by atoms with E-state index in [1.807, 2.05) is 0 Å². The molecule has 1 atom stereocenters. The summed E-state index contributed by atoms with van der Waals surface area (Å²) in [6.07, 6.45) is 4.21. The largest absolute Gasteiger partial charge is 0.394 e. The van der Waals surface area contributed by atoms with Gasteiger partial charge in [-0.1, -0.05) is 6.92 Å². The van der Waals surface area contributed by atoms with Crippen molar-refractivity contribution in [3.8, 4) is 0 Å². The first kappa shape index (κ1) is 10.2. The molecule has 0 saturated carbocycles. The second-order valence-electron chi connectivity index (χ2n) is 3.63. The lowest BCUT2D eigenvalue weighted by molar-refractivity contribution is 0.0926. The zero-order valence-corrected chi connectivity index (χ0v) is 8.89. The number of nitrogen functional groups attached to an aromatic ring is 1. The maximum atomic E-state index is 5.86. The molecule has 1 unspecified atom stereocenters. The highest BCUT2D eigenvalue weighted by atomic mass is 16.5. The van der Waals surface area contributed by atoms with Gasteiger partial charge in [-0.25, -0.2) is 9.97 Å². The first-order chi connectivity index (χ1) is 7.33. The second-order valence-corrected chi connectivity index (χ2v) is 3.63. The number of anilines is 2. The van der Waals surface area contributed by atoms with E-state index in [-0.39, 0.29) is 0 Å². The summed E-state index contributed by atoms with van der Waals surface area (Å²) < 4.78 is 5.44. The minimum Gasteiger partial charge on any atom is -0.394 e. The van der Waals surface area contributed by atoms with Crippen LogP contribution in [0.15, 0.2) is 12.5 Å². The average Bonchev–Trinajstić information content (AvgIpc) is 2.30. The van der Waals surface area contributed by atoms with E-state index in [9.17, 15) is 0 Å². The number of rotatable bonds is 2. The third kappa shape index (κ3) is 2.02. The van der Waals surface area contributed by atoms with Crippen LogP contribution in [0.25, 0.3) is 0 Å². The van der Waals surface area contributed by atoms with Gasteiger partial charge in [0.05, 0.1) is 31.1 Å². The van der Waals surface area contributed by atoms with Crippen molar-refractivity contribution in [1.82, 2.24) is 9.97 Å². The van der Waals surface area contributed by atoms with Crippen molar-refractivity contribution in [3.63, 3.8) is 0 Å². The standard InChI is InChI=1S/C10H16N4O/c1-2-8-6-15-4-3-14(8)10-9(11)5-12-7-13-10/h5,7-8H,2-4,6,11H2,1H3. The Morgan fingerprint density at radius 1 is 1.67 bits per heavy atom. The molecule has 0 aromatic carbocycles. The molecule has 1 aliphatic rings. The molecule has 2 N–H and O–H groups in total. The lowest BCUT2D eigenvalue weighted by Gasteiger charge is -2.36. The number of hydrogen-bond donors (Lipinski definition) is 1. The van der Waals surface area contributed by atoms with Gasteiger partial charge in [-0.2, -0.15) is 0 Å². The summed E-state index contributed by atoms with van der Waals surface area (Å²) in [5.41, 5.74) is 6.50. The van der Waals surface area contributed by atoms with Crippen molar-refractivity contribution < 1.29 is 4.74 Å². The highest BCUT2D eigenvalue weighted by Gasteiger charge is 2.23. The highest BCUT2D eigenvalue weighted by molar-refractivity contribution is 5.61. The number of nitrogens with two attached hydrogens (primary N) is 1. The fourth-order valence-electron chi connectivity index (χ4n) is 1.85. The van der Waals surface area contributed by atoms with Gasteiger partial charge in [0.2, 0.25) is 0 Å². The molecule has 0 spiro atoms. The number of aromatic nitrogens is 2. The first-order valence-electron chi connectivity index (χ1n) is 5.22. The highest BCUT2D eigenvalue weighted by Crippen LogP contribution is 2.23. The van der Waals surface area contributed by atoms with Gasteiger partial charge >= 0.3 is 0 Å². The SMILES string of the molecule is CCC1COCCN1c1ncncc1N. The fraction of sp³-hybridized carbons (Fsp3) is 0.600. The van der Waals surface area contributed by atoms with Crippen LogP contribution in [0, 0.1) is 0 Å². The lowest BCUT2D eigenvalue weighted by Crippen LogP contribution is -2.45. The molecule has 1 saturated heterocycles. The Bertz CT molecular complexity index is 331. The Morgan fingerprint density at radius 2 is 2.53 bits per heavy atom. The summed E-state index contributed by atoms with van der Waals surface area (Å²) in [6.45, 7) is 4.48. The summed E-state index contributed by atoms with van der Waals surface area (Å²) in [4.78, 5) is 10.3. The predicted molar refractivity (Wildman–Crippen MR) is 58.7 cm³/mol. The van der Waals surface area contributed by atoms with Crippen LogP contribution in [0.3, 0.4) is 0 Å². The first-order valence-corrected chi connectivity index (χ1v) is 5.22. The average molecular weight is 208 g/mol. The van der Waals surface area contributed by atoms with Crippen LogP contribution in [-0.2, 0) is 4.74 Å². The summed E-state index contributed by atoms with van der Waals surface area (Å²) in [6, 6.07) is 0.371. The molecule has 15 heavy (non-hydrogen) atoms. The Hall–Kier alpha value is -1.36. The summed E-state index contributed by atoms with van der Waals surface area (Å²) in [5, 5.41) is 0. The molecule has 1 aromatic heterocycles. The lowest BCUT2D eigenvalue weighted by atomic mass is 10.1. The Morgan fingerprint density at radius 3 is 3.27 bits per heavy atom. The molecule has 5 nitrogen and oxygen atoms in total. The van der Waals surface area contributed by atoms with E-state index in [0.29, 0.717) is 11.7 Å². The fourth-order valence-corrected chi connectivity index (χ4v) is 1.85. The normalized spacial score (nSPS) is 21.7. The van der Waals surface area contributed by atoms with Crippen molar-refractivity contribution in [1.29, 1.82) is 0 Å². The van der Waals surface area contributed by atoms with E-state index in [2.05, 4.69) is 21.8 Å². The van der Waals surface area contributed by atoms with Crippen molar-refractivity contribution >= 4 is 11.5 Å². The molecule has 5 heteroatoms. The van der Waals surface area contributed by atoms with Crippen molar-refractivity contribution in [2.24, 2.45) is 0 Å². The van der Waals surface area contributed by atoms with Gasteiger partial charge in [0.15, 0.2) is 5.82 Å². The van der Waals surface area contributed by atoms with E-state index < -0.39 is 0 Å². The second kappa shape index (κ2) is 4.44. The Labute approximate surface area is 89.3 Å². The zero-order chi connectivity index (χ0) is 10.7. The van der Waals surface area contributed by atoms with Gasteiger partial charge in [0.25, 0.3) is 0 Å². The van der Waals surface area contributed by atoms with Crippen LogP contribution in [0.5, 0.6) is 0 Å². The number of morpholine rings is 1. The Kier molecular flexibility index (Phi) is 3.01. The van der Waals surface area contributed by atoms with Crippen LogP contribution in [0.2, 0.25) is 0 Å². The molecule has 0 amide bonds. The monoisotopic (exact) mass is 208 g/mol. The molecule has 0 aliphatic carbocycles.